The Kier molecular flexibility index (Phi) is 3.35. The maximum absolute atomic E-state index is 6.33. The van der Waals surface area contributed by atoms with Crippen LogP contribution in [0.15, 0.2) is 41.1 Å². The van der Waals surface area contributed by atoms with Crippen LogP contribution in [0.1, 0.15) is 23.5 Å². The summed E-state index contributed by atoms with van der Waals surface area (Å²) in [6, 6.07) is 10.6. The second-order valence-corrected chi connectivity index (χ2v) is 5.57. The lowest BCUT2D eigenvalue weighted by molar-refractivity contribution is 0.310. The molecule has 1 aliphatic heterocycles. The van der Waals surface area contributed by atoms with Crippen LogP contribution in [-0.2, 0) is 6.42 Å². The lowest BCUT2D eigenvalue weighted by atomic mass is 9.90. The van der Waals surface area contributed by atoms with Crippen molar-refractivity contribution in [3.8, 4) is 5.75 Å². The van der Waals surface area contributed by atoms with Gasteiger partial charge in [-0.1, -0.05) is 18.2 Å². The zero-order valence-electron chi connectivity index (χ0n) is 10.2. The fourth-order valence-corrected chi connectivity index (χ4v) is 3.21. The Labute approximate surface area is 111 Å². The Bertz CT molecular complexity index is 509. The largest absolute Gasteiger partial charge is 0.493 e. The number of nitrogens with two attached hydrogens (primary N) is 1. The van der Waals surface area contributed by atoms with Gasteiger partial charge in [0, 0.05) is 17.5 Å². The Morgan fingerprint density at radius 3 is 3.06 bits per heavy atom. The van der Waals surface area contributed by atoms with Crippen LogP contribution in [0, 0.1) is 0 Å². The summed E-state index contributed by atoms with van der Waals surface area (Å²) >= 11 is 1.75. The molecule has 2 aromatic rings. The molecule has 0 bridgehead atoms. The summed E-state index contributed by atoms with van der Waals surface area (Å²) < 4.78 is 5.69. The summed E-state index contributed by atoms with van der Waals surface area (Å²) in [7, 11) is 0. The molecular weight excluding hydrogens is 242 g/mol. The second kappa shape index (κ2) is 5.12. The lowest BCUT2D eigenvalue weighted by Crippen LogP contribution is -2.30. The van der Waals surface area contributed by atoms with Crippen LogP contribution in [-0.4, -0.2) is 12.6 Å². The van der Waals surface area contributed by atoms with E-state index in [0.717, 1.165) is 25.2 Å². The summed E-state index contributed by atoms with van der Waals surface area (Å²) in [4.78, 5) is 0. The topological polar surface area (TPSA) is 35.2 Å². The number of para-hydroxylation sites is 1. The molecule has 0 radical (unpaired) electrons. The van der Waals surface area contributed by atoms with Crippen LogP contribution < -0.4 is 10.5 Å². The minimum atomic E-state index is 0.175. The molecule has 3 heteroatoms. The number of thiophene rings is 1. The predicted molar refractivity (Wildman–Crippen MR) is 75.3 cm³/mol. The molecule has 0 saturated carbocycles. The van der Waals surface area contributed by atoms with Crippen LogP contribution in [0.2, 0.25) is 0 Å². The van der Waals surface area contributed by atoms with Crippen molar-refractivity contribution in [1.82, 2.24) is 0 Å². The standard InChI is InChI=1S/C15H17NOS/c16-14(6-5-11-7-8-18-10-11)13-9-17-15-4-2-1-3-12(13)15/h1-4,7-8,10,13-14H,5-6,9,16H2. The Morgan fingerprint density at radius 2 is 2.22 bits per heavy atom. The van der Waals surface area contributed by atoms with Crippen molar-refractivity contribution in [2.24, 2.45) is 5.73 Å². The first-order valence-corrected chi connectivity index (χ1v) is 7.27. The first kappa shape index (κ1) is 11.8. The number of rotatable bonds is 4. The van der Waals surface area contributed by atoms with E-state index in [1.807, 2.05) is 12.1 Å². The van der Waals surface area contributed by atoms with Crippen molar-refractivity contribution in [2.75, 3.05) is 6.61 Å². The fourth-order valence-electron chi connectivity index (χ4n) is 2.51. The van der Waals surface area contributed by atoms with Crippen molar-refractivity contribution >= 4 is 11.3 Å². The molecule has 18 heavy (non-hydrogen) atoms. The lowest BCUT2D eigenvalue weighted by Gasteiger charge is -2.17. The summed E-state index contributed by atoms with van der Waals surface area (Å²) in [6.45, 7) is 0.726. The van der Waals surface area contributed by atoms with Gasteiger partial charge in [-0.3, -0.25) is 0 Å². The number of benzene rings is 1. The van der Waals surface area contributed by atoms with Gasteiger partial charge in [-0.15, -0.1) is 0 Å². The van der Waals surface area contributed by atoms with Crippen LogP contribution in [0.4, 0.5) is 0 Å². The van der Waals surface area contributed by atoms with Crippen molar-refractivity contribution in [3.05, 3.63) is 52.2 Å². The summed E-state index contributed by atoms with van der Waals surface area (Å²) in [6.07, 6.45) is 2.07. The third-order valence-electron chi connectivity index (χ3n) is 3.60. The van der Waals surface area contributed by atoms with Crippen molar-refractivity contribution in [1.29, 1.82) is 0 Å². The van der Waals surface area contributed by atoms with E-state index in [1.165, 1.54) is 11.1 Å². The molecule has 0 saturated heterocycles. The molecule has 0 amide bonds. The highest BCUT2D eigenvalue weighted by molar-refractivity contribution is 7.07. The normalized spacial score (nSPS) is 19.3. The van der Waals surface area contributed by atoms with Gasteiger partial charge in [-0.25, -0.2) is 0 Å². The third-order valence-corrected chi connectivity index (χ3v) is 4.33. The van der Waals surface area contributed by atoms with E-state index in [0.29, 0.717) is 5.92 Å². The molecule has 3 rings (SSSR count). The van der Waals surface area contributed by atoms with Crippen LogP contribution >= 0.6 is 11.3 Å². The summed E-state index contributed by atoms with van der Waals surface area (Å²) in [5, 5.41) is 4.32. The van der Waals surface area contributed by atoms with Gasteiger partial charge in [0.25, 0.3) is 0 Å². The molecule has 1 aromatic carbocycles. The molecular formula is C15H17NOS. The van der Waals surface area contributed by atoms with Gasteiger partial charge in [0.1, 0.15) is 5.75 Å². The minimum absolute atomic E-state index is 0.175. The molecule has 2 unspecified atom stereocenters. The quantitative estimate of drug-likeness (QED) is 0.915. The van der Waals surface area contributed by atoms with Gasteiger partial charge in [0.2, 0.25) is 0 Å². The second-order valence-electron chi connectivity index (χ2n) is 4.79. The first-order chi connectivity index (χ1) is 8.84. The zero-order chi connectivity index (χ0) is 12.4. The molecule has 2 heterocycles. The average Bonchev–Trinajstić information content (AvgIpc) is 3.05. The number of ether oxygens (including phenoxy) is 1. The van der Waals surface area contributed by atoms with Crippen LogP contribution in [0.5, 0.6) is 5.75 Å². The predicted octanol–water partition coefficient (Wildman–Crippen LogP) is 3.18. The van der Waals surface area contributed by atoms with E-state index < -0.39 is 0 Å². The van der Waals surface area contributed by atoms with Crippen LogP contribution in [0.25, 0.3) is 0 Å². The van der Waals surface area contributed by atoms with Gasteiger partial charge in [-0.2, -0.15) is 11.3 Å². The molecule has 2 atom stereocenters. The van der Waals surface area contributed by atoms with E-state index in [4.69, 9.17) is 10.5 Å². The summed E-state index contributed by atoms with van der Waals surface area (Å²) in [5.41, 5.74) is 9.00. The molecule has 2 nitrogen and oxygen atoms in total. The highest BCUT2D eigenvalue weighted by atomic mass is 32.1. The van der Waals surface area contributed by atoms with Gasteiger partial charge >= 0.3 is 0 Å². The number of hydrogen-bond acceptors (Lipinski definition) is 3. The van der Waals surface area contributed by atoms with E-state index in [-0.39, 0.29) is 6.04 Å². The van der Waals surface area contributed by atoms with Crippen molar-refractivity contribution in [3.63, 3.8) is 0 Å². The van der Waals surface area contributed by atoms with Crippen molar-refractivity contribution < 1.29 is 4.74 Å². The maximum Gasteiger partial charge on any atom is 0.122 e. The van der Waals surface area contributed by atoms with Gasteiger partial charge in [-0.05, 0) is 41.3 Å². The molecule has 94 valence electrons. The first-order valence-electron chi connectivity index (χ1n) is 6.33. The van der Waals surface area contributed by atoms with E-state index in [9.17, 15) is 0 Å². The summed E-state index contributed by atoms with van der Waals surface area (Å²) in [5.74, 6) is 1.35. The molecule has 0 fully saturated rings. The highest BCUT2D eigenvalue weighted by Gasteiger charge is 2.28. The molecule has 1 aromatic heterocycles. The highest BCUT2D eigenvalue weighted by Crippen LogP contribution is 2.35. The Balaban J connectivity index is 1.65. The number of hydrogen-bond donors (Lipinski definition) is 1. The minimum Gasteiger partial charge on any atom is -0.493 e. The molecule has 0 aliphatic carbocycles. The monoisotopic (exact) mass is 259 g/mol. The smallest absolute Gasteiger partial charge is 0.122 e. The van der Waals surface area contributed by atoms with E-state index >= 15 is 0 Å². The van der Waals surface area contributed by atoms with Crippen LogP contribution in [0.3, 0.4) is 0 Å². The van der Waals surface area contributed by atoms with E-state index in [2.05, 4.69) is 29.0 Å². The Morgan fingerprint density at radius 1 is 1.33 bits per heavy atom. The van der Waals surface area contributed by atoms with Gasteiger partial charge in [0.05, 0.1) is 6.61 Å². The molecule has 1 aliphatic rings. The molecule has 2 N–H and O–H groups in total. The third kappa shape index (κ3) is 2.28. The molecule has 0 spiro atoms. The Hall–Kier alpha value is -1.32. The van der Waals surface area contributed by atoms with Gasteiger partial charge < -0.3 is 10.5 Å². The van der Waals surface area contributed by atoms with Gasteiger partial charge in [0.15, 0.2) is 0 Å². The SMILES string of the molecule is NC(CCc1ccsc1)C1COc2ccccc21. The average molecular weight is 259 g/mol. The fraction of sp³-hybridized carbons (Fsp3) is 0.333. The maximum atomic E-state index is 6.33. The van der Waals surface area contributed by atoms with Crippen molar-refractivity contribution in [2.45, 2.75) is 24.8 Å². The van der Waals surface area contributed by atoms with E-state index in [1.54, 1.807) is 11.3 Å². The number of aryl methyl sites for hydroxylation is 1. The number of fused-ring (bicyclic) bond motifs is 1. The zero-order valence-corrected chi connectivity index (χ0v) is 11.0.